The maximum atomic E-state index is 6.86. The smallest absolute Gasteiger partial charge is 0.231 e. The summed E-state index contributed by atoms with van der Waals surface area (Å²) in [6.07, 6.45) is 3.07. The van der Waals surface area contributed by atoms with E-state index in [9.17, 15) is 0 Å². The quantitative estimate of drug-likeness (QED) is 0.162. The normalized spacial score (nSPS) is 18.2. The first-order valence-electron chi connectivity index (χ1n) is 18.2. The van der Waals surface area contributed by atoms with E-state index in [1.165, 1.54) is 5.56 Å². The molecule has 0 saturated heterocycles. The molecule has 0 amide bonds. The lowest BCUT2D eigenvalue weighted by Gasteiger charge is -2.41. The Morgan fingerprint density at radius 3 is 2.02 bits per heavy atom. The van der Waals surface area contributed by atoms with Crippen molar-refractivity contribution in [3.05, 3.63) is 63.7 Å². The summed E-state index contributed by atoms with van der Waals surface area (Å²) >= 11 is 0. The van der Waals surface area contributed by atoms with Crippen LogP contribution in [-0.2, 0) is 25.7 Å². The highest BCUT2D eigenvalue weighted by molar-refractivity contribution is 5.87. The largest absolute Gasteiger partial charge is 0.493 e. The fourth-order valence-corrected chi connectivity index (χ4v) is 8.91. The first-order chi connectivity index (χ1) is 26.3. The Hall–Kier alpha value is -5.20. The van der Waals surface area contributed by atoms with E-state index in [1.807, 2.05) is 18.2 Å². The summed E-state index contributed by atoms with van der Waals surface area (Å²) in [6.45, 7) is 1.93. The Balaban J connectivity index is 1.22. The molecule has 4 aliphatic rings. The molecule has 0 spiro atoms. The number of ether oxygens (including phenoxy) is 10. The van der Waals surface area contributed by atoms with Crippen LogP contribution in [0.4, 0.5) is 0 Å². The van der Waals surface area contributed by atoms with Gasteiger partial charge in [-0.05, 0) is 86.3 Å². The zero-order chi connectivity index (χ0) is 37.8. The fraction of sp³-hybridized carbons (Fsp3) is 0.429. The highest BCUT2D eigenvalue weighted by atomic mass is 16.7. The van der Waals surface area contributed by atoms with Crippen molar-refractivity contribution in [3.63, 3.8) is 0 Å². The molecule has 0 unspecified atom stereocenters. The van der Waals surface area contributed by atoms with Crippen molar-refractivity contribution in [2.24, 2.45) is 0 Å². The minimum absolute atomic E-state index is 0.00798. The minimum atomic E-state index is 0.00798. The molecule has 54 heavy (non-hydrogen) atoms. The standard InChI is InChI=1S/C42H48N2O10/c1-43-14-12-24-27(20-33(47-5)39-38(24)52-21-53-39)28(43)16-22-10-11-30(45-3)40(36(22)48-6)54-32-18-23-17-29-34-25(13-15-44(29)2)37(49-7)42(51-9)41(50-8)35(34)26(23)19-31(32)46-4/h10-11,18-20,28-29H,12-17,21H2,1-9H3/t28-,29+/m0/s1. The summed E-state index contributed by atoms with van der Waals surface area (Å²) < 4.78 is 60.4. The molecule has 0 bridgehead atoms. The summed E-state index contributed by atoms with van der Waals surface area (Å²) in [5.41, 5.74) is 8.69. The number of hydrogen-bond acceptors (Lipinski definition) is 12. The highest BCUT2D eigenvalue weighted by Gasteiger charge is 2.40. The Bertz CT molecular complexity index is 2120. The van der Waals surface area contributed by atoms with E-state index in [-0.39, 0.29) is 18.9 Å². The second-order valence-corrected chi connectivity index (χ2v) is 14.0. The van der Waals surface area contributed by atoms with Gasteiger partial charge < -0.3 is 47.4 Å². The first-order valence-corrected chi connectivity index (χ1v) is 18.2. The highest BCUT2D eigenvalue weighted by Crippen LogP contribution is 2.58. The summed E-state index contributed by atoms with van der Waals surface area (Å²) in [5, 5.41) is 0. The topological polar surface area (TPSA) is 98.8 Å². The van der Waals surface area contributed by atoms with Gasteiger partial charge in [0.05, 0.1) is 49.8 Å². The minimum Gasteiger partial charge on any atom is -0.493 e. The van der Waals surface area contributed by atoms with Crippen LogP contribution in [-0.4, -0.2) is 93.5 Å². The molecule has 3 heterocycles. The van der Waals surface area contributed by atoms with E-state index in [1.54, 1.807) is 49.8 Å². The summed E-state index contributed by atoms with van der Waals surface area (Å²) in [4.78, 5) is 4.74. The van der Waals surface area contributed by atoms with E-state index in [0.717, 1.165) is 82.8 Å². The van der Waals surface area contributed by atoms with Crippen LogP contribution in [0.5, 0.6) is 63.2 Å². The van der Waals surface area contributed by atoms with E-state index < -0.39 is 0 Å². The molecule has 12 nitrogen and oxygen atoms in total. The van der Waals surface area contributed by atoms with Gasteiger partial charge in [-0.2, -0.15) is 0 Å². The molecule has 2 atom stereocenters. The van der Waals surface area contributed by atoms with Gasteiger partial charge in [-0.3, -0.25) is 9.80 Å². The molecule has 4 aromatic rings. The zero-order valence-electron chi connectivity index (χ0n) is 32.5. The van der Waals surface area contributed by atoms with Gasteiger partial charge >= 0.3 is 0 Å². The fourth-order valence-electron chi connectivity index (χ4n) is 8.91. The van der Waals surface area contributed by atoms with Crippen molar-refractivity contribution in [3.8, 4) is 74.4 Å². The van der Waals surface area contributed by atoms with Gasteiger partial charge in [-0.15, -0.1) is 0 Å². The van der Waals surface area contributed by atoms with Crippen LogP contribution in [0, 0.1) is 0 Å². The Morgan fingerprint density at radius 1 is 0.630 bits per heavy atom. The lowest BCUT2D eigenvalue weighted by molar-refractivity contribution is 0.169. The monoisotopic (exact) mass is 740 g/mol. The molecule has 1 aliphatic carbocycles. The average Bonchev–Trinajstić information content (AvgIpc) is 3.69. The van der Waals surface area contributed by atoms with Gasteiger partial charge in [-0.25, -0.2) is 0 Å². The summed E-state index contributed by atoms with van der Waals surface area (Å²) in [7, 11) is 15.9. The molecule has 286 valence electrons. The van der Waals surface area contributed by atoms with Crippen LogP contribution in [0.1, 0.15) is 45.5 Å². The third kappa shape index (κ3) is 5.48. The first kappa shape index (κ1) is 35.8. The predicted octanol–water partition coefficient (Wildman–Crippen LogP) is 6.79. The number of nitrogens with zero attached hydrogens (tertiary/aromatic N) is 2. The third-order valence-corrected chi connectivity index (χ3v) is 11.6. The van der Waals surface area contributed by atoms with Crippen molar-refractivity contribution in [1.82, 2.24) is 9.80 Å². The van der Waals surface area contributed by atoms with Gasteiger partial charge in [0.1, 0.15) is 0 Å². The van der Waals surface area contributed by atoms with Crippen LogP contribution in [0.3, 0.4) is 0 Å². The molecule has 12 heteroatoms. The molecule has 0 N–H and O–H groups in total. The number of fused-ring (bicyclic) bond motifs is 5. The molecule has 0 radical (unpaired) electrons. The molecule has 0 fully saturated rings. The predicted molar refractivity (Wildman–Crippen MR) is 202 cm³/mol. The Kier molecular flexibility index (Phi) is 9.43. The molecule has 0 aromatic heterocycles. The second kappa shape index (κ2) is 14.2. The summed E-state index contributed by atoms with van der Waals surface area (Å²) in [6, 6.07) is 10.3. The number of hydrogen-bond donors (Lipinski definition) is 0. The second-order valence-electron chi connectivity index (χ2n) is 14.0. The lowest BCUT2D eigenvalue weighted by Crippen LogP contribution is -2.36. The van der Waals surface area contributed by atoms with Crippen LogP contribution in [0.25, 0.3) is 11.1 Å². The summed E-state index contributed by atoms with van der Waals surface area (Å²) in [5.74, 6) is 6.77. The van der Waals surface area contributed by atoms with E-state index >= 15 is 0 Å². The molecular weight excluding hydrogens is 692 g/mol. The van der Waals surface area contributed by atoms with E-state index in [4.69, 9.17) is 47.4 Å². The van der Waals surface area contributed by atoms with Gasteiger partial charge in [0.15, 0.2) is 46.0 Å². The SMILES string of the molecule is COc1cc2c(cc1Oc1c(OC)ccc(C[C@H]3c4cc(OC)c5c(c4CCN3C)OCO5)c1OC)C[C@@H]1c3c(c(OC)c(OC)c(OC)c3-2)CCN1C. The zero-order valence-corrected chi connectivity index (χ0v) is 32.5. The Morgan fingerprint density at radius 2 is 1.31 bits per heavy atom. The maximum absolute atomic E-state index is 6.86. The van der Waals surface area contributed by atoms with Gasteiger partial charge in [0.2, 0.25) is 24.0 Å². The van der Waals surface area contributed by atoms with Crippen LogP contribution in [0.15, 0.2) is 30.3 Å². The van der Waals surface area contributed by atoms with Crippen LogP contribution in [0.2, 0.25) is 0 Å². The lowest BCUT2D eigenvalue weighted by atomic mass is 9.76. The van der Waals surface area contributed by atoms with Crippen molar-refractivity contribution < 1.29 is 47.4 Å². The van der Waals surface area contributed by atoms with E-state index in [2.05, 4.69) is 36.0 Å². The third-order valence-electron chi connectivity index (χ3n) is 11.6. The van der Waals surface area contributed by atoms with Crippen molar-refractivity contribution in [2.45, 2.75) is 37.8 Å². The molecule has 0 saturated carbocycles. The van der Waals surface area contributed by atoms with Gasteiger partial charge in [-0.1, -0.05) is 6.07 Å². The number of benzene rings is 4. The van der Waals surface area contributed by atoms with Crippen LogP contribution < -0.4 is 47.4 Å². The van der Waals surface area contributed by atoms with E-state index in [0.29, 0.717) is 58.2 Å². The Labute approximate surface area is 316 Å². The molecule has 3 aliphatic heterocycles. The van der Waals surface area contributed by atoms with Crippen molar-refractivity contribution in [1.29, 1.82) is 0 Å². The van der Waals surface area contributed by atoms with Crippen molar-refractivity contribution >= 4 is 0 Å². The van der Waals surface area contributed by atoms with Crippen LogP contribution >= 0.6 is 0 Å². The maximum Gasteiger partial charge on any atom is 0.231 e. The molecule has 4 aromatic carbocycles. The van der Waals surface area contributed by atoms with Crippen molar-refractivity contribution in [2.75, 3.05) is 83.7 Å². The van der Waals surface area contributed by atoms with Gasteiger partial charge in [0.25, 0.3) is 0 Å². The number of methoxy groups -OCH3 is 7. The van der Waals surface area contributed by atoms with Gasteiger partial charge in [0, 0.05) is 47.4 Å². The average molecular weight is 741 g/mol. The number of rotatable bonds is 11. The molecular formula is C42H48N2O10. The number of likely N-dealkylation sites (N-methyl/N-ethyl adjacent to an activating group) is 2. The molecule has 8 rings (SSSR count).